The fraction of sp³-hybridized carbons (Fsp3) is 0.750. The smallest absolute Gasteiger partial charge is 0.107 e. The van der Waals surface area contributed by atoms with Gasteiger partial charge in [0.05, 0.1) is 12.2 Å². The molecule has 1 saturated heterocycles. The summed E-state index contributed by atoms with van der Waals surface area (Å²) in [6.45, 7) is 9.73. The summed E-state index contributed by atoms with van der Waals surface area (Å²) in [7, 11) is 2.19. The molecule has 0 aromatic carbocycles. The summed E-state index contributed by atoms with van der Waals surface area (Å²) in [6.07, 6.45) is 0. The fourth-order valence-corrected chi connectivity index (χ4v) is 2.79. The Balaban J connectivity index is 1.80. The van der Waals surface area contributed by atoms with Crippen LogP contribution in [0.25, 0.3) is 0 Å². The minimum absolute atomic E-state index is 0.899. The summed E-state index contributed by atoms with van der Waals surface area (Å²) >= 11 is 1.79. The van der Waals surface area contributed by atoms with Gasteiger partial charge in [0.1, 0.15) is 5.01 Å². The van der Waals surface area contributed by atoms with Crippen LogP contribution in [0.3, 0.4) is 0 Å². The third-order valence-corrected chi connectivity index (χ3v) is 3.99. The molecule has 1 aliphatic rings. The summed E-state index contributed by atoms with van der Waals surface area (Å²) in [5.74, 6) is 0. The van der Waals surface area contributed by atoms with Crippen molar-refractivity contribution in [3.05, 3.63) is 16.1 Å². The van der Waals surface area contributed by atoms with Crippen LogP contribution in [0.1, 0.15) is 17.6 Å². The summed E-state index contributed by atoms with van der Waals surface area (Å²) < 4.78 is 0. The largest absolute Gasteiger partial charge is 0.311 e. The quantitative estimate of drug-likeness (QED) is 0.849. The van der Waals surface area contributed by atoms with Gasteiger partial charge in [0, 0.05) is 38.1 Å². The summed E-state index contributed by atoms with van der Waals surface area (Å²) in [5.41, 5.74) is 1.18. The van der Waals surface area contributed by atoms with Crippen molar-refractivity contribution >= 4 is 11.3 Å². The van der Waals surface area contributed by atoms with Gasteiger partial charge in [-0.15, -0.1) is 11.3 Å². The molecule has 2 rings (SSSR count). The van der Waals surface area contributed by atoms with E-state index in [0.29, 0.717) is 0 Å². The molecule has 4 nitrogen and oxygen atoms in total. The first-order valence-corrected chi connectivity index (χ1v) is 7.21. The first-order valence-electron chi connectivity index (χ1n) is 6.33. The van der Waals surface area contributed by atoms with Crippen molar-refractivity contribution in [1.29, 1.82) is 0 Å². The minimum Gasteiger partial charge on any atom is -0.311 e. The number of aromatic nitrogens is 1. The molecule has 0 bridgehead atoms. The summed E-state index contributed by atoms with van der Waals surface area (Å²) in [5, 5.41) is 6.74. The molecule has 0 unspecified atom stereocenters. The van der Waals surface area contributed by atoms with Crippen LogP contribution in [0, 0.1) is 0 Å². The molecule has 0 atom stereocenters. The highest BCUT2D eigenvalue weighted by Gasteiger charge is 2.15. The molecule has 1 aromatic heterocycles. The number of nitrogens with one attached hydrogen (secondary N) is 1. The molecule has 0 saturated carbocycles. The van der Waals surface area contributed by atoms with Crippen LogP contribution in [-0.2, 0) is 13.1 Å². The van der Waals surface area contributed by atoms with Gasteiger partial charge in [-0.05, 0) is 13.6 Å². The zero-order valence-corrected chi connectivity index (χ0v) is 11.6. The van der Waals surface area contributed by atoms with Crippen LogP contribution in [0.2, 0.25) is 0 Å². The average molecular weight is 254 g/mol. The number of rotatable bonds is 5. The van der Waals surface area contributed by atoms with Gasteiger partial charge in [-0.2, -0.15) is 0 Å². The molecule has 96 valence electrons. The highest BCUT2D eigenvalue weighted by atomic mass is 32.1. The Hall–Kier alpha value is -0.490. The summed E-state index contributed by atoms with van der Waals surface area (Å²) in [6, 6.07) is 0. The Morgan fingerprint density at radius 1 is 1.35 bits per heavy atom. The second kappa shape index (κ2) is 6.44. The predicted molar refractivity (Wildman–Crippen MR) is 72.3 cm³/mol. The maximum Gasteiger partial charge on any atom is 0.107 e. The number of hydrogen-bond acceptors (Lipinski definition) is 5. The number of piperazine rings is 1. The van der Waals surface area contributed by atoms with E-state index in [-0.39, 0.29) is 0 Å². The van der Waals surface area contributed by atoms with E-state index in [1.807, 2.05) is 0 Å². The van der Waals surface area contributed by atoms with E-state index < -0.39 is 0 Å². The van der Waals surface area contributed by atoms with Gasteiger partial charge in [-0.25, -0.2) is 4.98 Å². The first kappa shape index (κ1) is 13.0. The molecule has 1 aliphatic heterocycles. The molecule has 0 amide bonds. The first-order chi connectivity index (χ1) is 8.28. The van der Waals surface area contributed by atoms with Crippen molar-refractivity contribution in [3.63, 3.8) is 0 Å². The van der Waals surface area contributed by atoms with E-state index in [1.54, 1.807) is 11.3 Å². The van der Waals surface area contributed by atoms with Gasteiger partial charge in [-0.3, -0.25) is 4.90 Å². The average Bonchev–Trinajstić information content (AvgIpc) is 2.77. The third-order valence-electron chi connectivity index (χ3n) is 3.11. The molecule has 1 aromatic rings. The van der Waals surface area contributed by atoms with E-state index in [9.17, 15) is 0 Å². The lowest BCUT2D eigenvalue weighted by molar-refractivity contribution is 0.148. The minimum atomic E-state index is 0.899. The lowest BCUT2D eigenvalue weighted by Crippen LogP contribution is -2.43. The highest BCUT2D eigenvalue weighted by molar-refractivity contribution is 7.09. The van der Waals surface area contributed by atoms with Crippen molar-refractivity contribution in [2.45, 2.75) is 20.0 Å². The predicted octanol–water partition coefficient (Wildman–Crippen LogP) is 1.00. The van der Waals surface area contributed by atoms with Crippen molar-refractivity contribution in [3.8, 4) is 0 Å². The Morgan fingerprint density at radius 3 is 2.82 bits per heavy atom. The Morgan fingerprint density at radius 2 is 2.12 bits per heavy atom. The Bertz CT molecular complexity index is 331. The second-order valence-electron chi connectivity index (χ2n) is 4.59. The molecule has 1 fully saturated rings. The highest BCUT2D eigenvalue weighted by Crippen LogP contribution is 2.13. The third kappa shape index (κ3) is 4.03. The molecule has 5 heteroatoms. The van der Waals surface area contributed by atoms with Gasteiger partial charge in [-0.1, -0.05) is 6.92 Å². The molecular formula is C12H22N4S. The number of likely N-dealkylation sites (N-methyl/N-ethyl adjacent to an activating group) is 1. The molecular weight excluding hydrogens is 232 g/mol. The second-order valence-corrected chi connectivity index (χ2v) is 5.53. The maximum absolute atomic E-state index is 4.66. The topological polar surface area (TPSA) is 31.4 Å². The Kier molecular flexibility index (Phi) is 4.91. The lowest BCUT2D eigenvalue weighted by atomic mass is 10.3. The van der Waals surface area contributed by atoms with Crippen LogP contribution in [-0.4, -0.2) is 54.6 Å². The standard InChI is InChI=1S/C12H22N4S/c1-3-13-8-11-10-17-12(14-11)9-16-6-4-15(2)5-7-16/h10,13H,3-9H2,1-2H3. The molecule has 17 heavy (non-hydrogen) atoms. The maximum atomic E-state index is 4.66. The monoisotopic (exact) mass is 254 g/mol. The van der Waals surface area contributed by atoms with E-state index in [2.05, 4.69) is 39.5 Å². The van der Waals surface area contributed by atoms with Gasteiger partial charge in [0.15, 0.2) is 0 Å². The number of nitrogens with zero attached hydrogens (tertiary/aromatic N) is 3. The van der Waals surface area contributed by atoms with E-state index in [1.165, 1.54) is 36.9 Å². The zero-order chi connectivity index (χ0) is 12.1. The van der Waals surface area contributed by atoms with Gasteiger partial charge < -0.3 is 10.2 Å². The van der Waals surface area contributed by atoms with E-state index >= 15 is 0 Å². The van der Waals surface area contributed by atoms with E-state index in [0.717, 1.165) is 19.6 Å². The molecule has 0 aliphatic carbocycles. The Labute approximate surface area is 108 Å². The number of thiazole rings is 1. The van der Waals surface area contributed by atoms with Crippen molar-refractivity contribution in [1.82, 2.24) is 20.1 Å². The lowest BCUT2D eigenvalue weighted by Gasteiger charge is -2.31. The van der Waals surface area contributed by atoms with Crippen LogP contribution < -0.4 is 5.32 Å². The van der Waals surface area contributed by atoms with Crippen LogP contribution in [0.15, 0.2) is 5.38 Å². The SMILES string of the molecule is CCNCc1csc(CN2CCN(C)CC2)n1. The van der Waals surface area contributed by atoms with Crippen LogP contribution in [0.5, 0.6) is 0 Å². The van der Waals surface area contributed by atoms with Crippen molar-refractivity contribution in [2.24, 2.45) is 0 Å². The molecule has 2 heterocycles. The van der Waals surface area contributed by atoms with Gasteiger partial charge in [0.25, 0.3) is 0 Å². The fourth-order valence-electron chi connectivity index (χ4n) is 1.95. The summed E-state index contributed by atoms with van der Waals surface area (Å²) in [4.78, 5) is 9.54. The van der Waals surface area contributed by atoms with Gasteiger partial charge in [0.2, 0.25) is 0 Å². The molecule has 0 spiro atoms. The van der Waals surface area contributed by atoms with Gasteiger partial charge >= 0.3 is 0 Å². The van der Waals surface area contributed by atoms with Crippen LogP contribution >= 0.6 is 11.3 Å². The van der Waals surface area contributed by atoms with E-state index in [4.69, 9.17) is 0 Å². The van der Waals surface area contributed by atoms with Crippen molar-refractivity contribution < 1.29 is 0 Å². The zero-order valence-electron chi connectivity index (χ0n) is 10.8. The molecule has 0 radical (unpaired) electrons. The van der Waals surface area contributed by atoms with Crippen LogP contribution in [0.4, 0.5) is 0 Å². The molecule has 1 N–H and O–H groups in total. The normalized spacial score (nSPS) is 18.7. The van der Waals surface area contributed by atoms with Crippen molar-refractivity contribution in [2.75, 3.05) is 39.8 Å². The number of hydrogen-bond donors (Lipinski definition) is 1.